The van der Waals surface area contributed by atoms with Crippen molar-refractivity contribution in [2.45, 2.75) is 77.8 Å². The molecule has 2 saturated carbocycles. The van der Waals surface area contributed by atoms with Crippen LogP contribution in [0, 0.1) is 11.3 Å². The molecule has 15 heavy (non-hydrogen) atoms. The minimum atomic E-state index is 0.609. The molecule has 0 amide bonds. The van der Waals surface area contributed by atoms with Gasteiger partial charge in [0.1, 0.15) is 0 Å². The maximum Gasteiger partial charge on any atom is 0.00699 e. The number of hydrogen-bond donors (Lipinski definition) is 1. The van der Waals surface area contributed by atoms with Crippen molar-refractivity contribution in [1.82, 2.24) is 5.32 Å². The highest BCUT2D eigenvalue weighted by molar-refractivity contribution is 4.85. The first kappa shape index (κ1) is 11.4. The van der Waals surface area contributed by atoms with Crippen LogP contribution in [0.3, 0.4) is 0 Å². The third-order valence-corrected chi connectivity index (χ3v) is 4.24. The van der Waals surface area contributed by atoms with E-state index in [0.717, 1.165) is 18.0 Å². The van der Waals surface area contributed by atoms with Gasteiger partial charge < -0.3 is 5.32 Å². The summed E-state index contributed by atoms with van der Waals surface area (Å²) in [7, 11) is 0. The van der Waals surface area contributed by atoms with Crippen molar-refractivity contribution in [3.05, 3.63) is 0 Å². The standard InChI is InChI=1S/C14H27N/c1-11(10-12-4-5-12)15-13-6-8-14(2,3)9-7-13/h11-13,15H,4-10H2,1-3H3. The van der Waals surface area contributed by atoms with Gasteiger partial charge in [-0.05, 0) is 50.4 Å². The van der Waals surface area contributed by atoms with E-state index in [1.54, 1.807) is 0 Å². The van der Waals surface area contributed by atoms with Crippen molar-refractivity contribution in [2.75, 3.05) is 0 Å². The van der Waals surface area contributed by atoms with E-state index in [2.05, 4.69) is 26.1 Å². The molecule has 2 rings (SSSR count). The SMILES string of the molecule is CC(CC1CC1)NC1CCC(C)(C)CC1. The Bertz CT molecular complexity index is 195. The van der Waals surface area contributed by atoms with E-state index in [-0.39, 0.29) is 0 Å². The summed E-state index contributed by atoms with van der Waals surface area (Å²) in [5, 5.41) is 3.83. The predicted octanol–water partition coefficient (Wildman–Crippen LogP) is 3.73. The van der Waals surface area contributed by atoms with Crippen LogP contribution in [0.1, 0.15) is 65.7 Å². The molecule has 1 nitrogen and oxygen atoms in total. The molecule has 0 spiro atoms. The van der Waals surface area contributed by atoms with Gasteiger partial charge in [-0.3, -0.25) is 0 Å². The van der Waals surface area contributed by atoms with E-state index in [9.17, 15) is 0 Å². The van der Waals surface area contributed by atoms with E-state index >= 15 is 0 Å². The highest BCUT2D eigenvalue weighted by Crippen LogP contribution is 2.36. The van der Waals surface area contributed by atoms with Gasteiger partial charge in [0.05, 0.1) is 0 Å². The van der Waals surface area contributed by atoms with Crippen molar-refractivity contribution in [3.8, 4) is 0 Å². The zero-order chi connectivity index (χ0) is 10.9. The van der Waals surface area contributed by atoms with Crippen molar-refractivity contribution in [3.63, 3.8) is 0 Å². The van der Waals surface area contributed by atoms with Gasteiger partial charge in [0.25, 0.3) is 0 Å². The fourth-order valence-electron chi connectivity index (χ4n) is 2.89. The lowest BCUT2D eigenvalue weighted by Crippen LogP contribution is -2.40. The van der Waals surface area contributed by atoms with Crippen LogP contribution in [0.2, 0.25) is 0 Å². The summed E-state index contributed by atoms with van der Waals surface area (Å²) in [4.78, 5) is 0. The second-order valence-electron chi connectivity index (χ2n) is 6.69. The van der Waals surface area contributed by atoms with Crippen molar-refractivity contribution in [1.29, 1.82) is 0 Å². The third kappa shape index (κ3) is 3.79. The summed E-state index contributed by atoms with van der Waals surface area (Å²) < 4.78 is 0. The summed E-state index contributed by atoms with van der Waals surface area (Å²) in [5.74, 6) is 1.06. The lowest BCUT2D eigenvalue weighted by molar-refractivity contribution is 0.197. The molecule has 0 aromatic carbocycles. The Hall–Kier alpha value is -0.0400. The fourth-order valence-corrected chi connectivity index (χ4v) is 2.89. The molecular formula is C14H27N. The maximum atomic E-state index is 3.83. The molecule has 2 fully saturated rings. The molecule has 0 heterocycles. The zero-order valence-corrected chi connectivity index (χ0v) is 10.7. The average Bonchev–Trinajstić information content (AvgIpc) is 2.92. The van der Waals surface area contributed by atoms with E-state index in [1.165, 1.54) is 44.9 Å². The summed E-state index contributed by atoms with van der Waals surface area (Å²) in [6.45, 7) is 7.20. The molecule has 1 heteroatoms. The van der Waals surface area contributed by atoms with Gasteiger partial charge in [-0.2, -0.15) is 0 Å². The number of hydrogen-bond acceptors (Lipinski definition) is 1. The fraction of sp³-hybridized carbons (Fsp3) is 1.00. The summed E-state index contributed by atoms with van der Waals surface area (Å²) >= 11 is 0. The van der Waals surface area contributed by atoms with Crippen LogP contribution in [-0.4, -0.2) is 12.1 Å². The molecule has 1 unspecified atom stereocenters. The Balaban J connectivity index is 1.66. The Labute approximate surface area is 95.0 Å². The number of nitrogens with one attached hydrogen (secondary N) is 1. The average molecular weight is 209 g/mol. The van der Waals surface area contributed by atoms with E-state index in [4.69, 9.17) is 0 Å². The van der Waals surface area contributed by atoms with Gasteiger partial charge >= 0.3 is 0 Å². The van der Waals surface area contributed by atoms with Gasteiger partial charge in [-0.15, -0.1) is 0 Å². The zero-order valence-electron chi connectivity index (χ0n) is 10.7. The van der Waals surface area contributed by atoms with Gasteiger partial charge in [0.15, 0.2) is 0 Å². The summed E-state index contributed by atoms with van der Waals surface area (Å²) in [6.07, 6.45) is 9.99. The minimum absolute atomic E-state index is 0.609. The highest BCUT2D eigenvalue weighted by atomic mass is 14.9. The molecule has 88 valence electrons. The first-order valence-corrected chi connectivity index (χ1v) is 6.81. The Morgan fingerprint density at radius 1 is 1.13 bits per heavy atom. The molecule has 0 radical (unpaired) electrons. The smallest absolute Gasteiger partial charge is 0.00699 e. The largest absolute Gasteiger partial charge is 0.311 e. The third-order valence-electron chi connectivity index (χ3n) is 4.24. The van der Waals surface area contributed by atoms with Crippen LogP contribution < -0.4 is 5.32 Å². The molecule has 0 saturated heterocycles. The van der Waals surface area contributed by atoms with Crippen LogP contribution >= 0.6 is 0 Å². The van der Waals surface area contributed by atoms with Crippen LogP contribution in [0.4, 0.5) is 0 Å². The van der Waals surface area contributed by atoms with Gasteiger partial charge in [0, 0.05) is 12.1 Å². The molecule has 0 aliphatic heterocycles. The van der Waals surface area contributed by atoms with E-state index in [1.807, 2.05) is 0 Å². The molecule has 2 aliphatic rings. The second-order valence-corrected chi connectivity index (χ2v) is 6.69. The Kier molecular flexibility index (Phi) is 3.39. The lowest BCUT2D eigenvalue weighted by Gasteiger charge is -2.36. The number of rotatable bonds is 4. The van der Waals surface area contributed by atoms with E-state index in [0.29, 0.717) is 5.41 Å². The molecule has 0 bridgehead atoms. The van der Waals surface area contributed by atoms with Gasteiger partial charge in [-0.1, -0.05) is 26.7 Å². The molecule has 0 aromatic heterocycles. The maximum absolute atomic E-state index is 3.83. The normalized spacial score (nSPS) is 29.0. The lowest BCUT2D eigenvalue weighted by atomic mass is 9.75. The molecular weight excluding hydrogens is 182 g/mol. The quantitative estimate of drug-likeness (QED) is 0.744. The highest BCUT2D eigenvalue weighted by Gasteiger charge is 2.29. The van der Waals surface area contributed by atoms with Crippen LogP contribution in [-0.2, 0) is 0 Å². The molecule has 1 atom stereocenters. The topological polar surface area (TPSA) is 12.0 Å². The van der Waals surface area contributed by atoms with Crippen molar-refractivity contribution < 1.29 is 0 Å². The molecule has 1 N–H and O–H groups in total. The van der Waals surface area contributed by atoms with Crippen molar-refractivity contribution in [2.24, 2.45) is 11.3 Å². The minimum Gasteiger partial charge on any atom is -0.311 e. The van der Waals surface area contributed by atoms with Gasteiger partial charge in [-0.25, -0.2) is 0 Å². The second kappa shape index (κ2) is 4.45. The monoisotopic (exact) mass is 209 g/mol. The first-order chi connectivity index (χ1) is 7.05. The molecule has 2 aliphatic carbocycles. The van der Waals surface area contributed by atoms with Gasteiger partial charge in [0.2, 0.25) is 0 Å². The van der Waals surface area contributed by atoms with Crippen LogP contribution in [0.25, 0.3) is 0 Å². The summed E-state index contributed by atoms with van der Waals surface area (Å²) in [6, 6.07) is 1.57. The van der Waals surface area contributed by atoms with Crippen LogP contribution in [0.5, 0.6) is 0 Å². The Morgan fingerprint density at radius 3 is 2.27 bits per heavy atom. The first-order valence-electron chi connectivity index (χ1n) is 6.81. The molecule has 0 aromatic rings. The predicted molar refractivity (Wildman–Crippen MR) is 66.0 cm³/mol. The van der Waals surface area contributed by atoms with E-state index < -0.39 is 0 Å². The summed E-state index contributed by atoms with van der Waals surface area (Å²) in [5.41, 5.74) is 0.609. The van der Waals surface area contributed by atoms with Crippen LogP contribution in [0.15, 0.2) is 0 Å². The van der Waals surface area contributed by atoms with Crippen molar-refractivity contribution >= 4 is 0 Å². The Morgan fingerprint density at radius 2 is 1.73 bits per heavy atom.